The number of anilines is 1. The highest BCUT2D eigenvalue weighted by molar-refractivity contribution is 7.80. The minimum Gasteiger partial charge on any atom is -0.492 e. The Labute approximate surface area is 166 Å². The van der Waals surface area contributed by atoms with Crippen LogP contribution in [0.4, 0.5) is 5.69 Å². The number of amides is 1. The quantitative estimate of drug-likeness (QED) is 0.493. The van der Waals surface area contributed by atoms with E-state index in [1.807, 2.05) is 12.1 Å². The molecule has 2 aromatic carbocycles. The molecule has 25 heavy (non-hydrogen) atoms. The van der Waals surface area contributed by atoms with Crippen LogP contribution in [0.3, 0.4) is 0 Å². The zero-order valence-corrected chi connectivity index (χ0v) is 16.1. The van der Waals surface area contributed by atoms with E-state index in [2.05, 4.69) is 10.6 Å². The van der Waals surface area contributed by atoms with Gasteiger partial charge in [-0.05, 0) is 49.0 Å². The summed E-state index contributed by atoms with van der Waals surface area (Å²) in [7, 11) is 0. The third-order valence-corrected chi connectivity index (χ3v) is 4.14. The molecule has 0 saturated carbocycles. The van der Waals surface area contributed by atoms with Crippen LogP contribution in [-0.2, 0) is 4.79 Å². The lowest BCUT2D eigenvalue weighted by Gasteiger charge is -2.11. The molecule has 0 unspecified atom stereocenters. The van der Waals surface area contributed by atoms with E-state index in [0.717, 1.165) is 0 Å². The number of hydrogen-bond acceptors (Lipinski definition) is 3. The third kappa shape index (κ3) is 6.71. The van der Waals surface area contributed by atoms with Gasteiger partial charge in [0, 0.05) is 11.4 Å². The molecule has 8 heteroatoms. The largest absolute Gasteiger partial charge is 0.492 e. The number of benzene rings is 2. The summed E-state index contributed by atoms with van der Waals surface area (Å²) in [5.74, 6) is 0.317. The fourth-order valence-electron chi connectivity index (χ4n) is 1.91. The lowest BCUT2D eigenvalue weighted by molar-refractivity contribution is -0.119. The molecule has 2 rings (SSSR count). The van der Waals surface area contributed by atoms with Crippen LogP contribution in [0.1, 0.15) is 12.8 Å². The Bertz CT molecular complexity index is 771. The van der Waals surface area contributed by atoms with Gasteiger partial charge in [0.25, 0.3) is 0 Å². The zero-order valence-electron chi connectivity index (χ0n) is 13.0. The van der Waals surface area contributed by atoms with E-state index in [9.17, 15) is 4.79 Å². The van der Waals surface area contributed by atoms with Crippen molar-refractivity contribution in [3.8, 4) is 5.75 Å². The molecule has 0 spiro atoms. The summed E-state index contributed by atoms with van der Waals surface area (Å²) in [5, 5.41) is 7.16. The van der Waals surface area contributed by atoms with Crippen molar-refractivity contribution in [2.45, 2.75) is 12.8 Å². The van der Waals surface area contributed by atoms with Crippen LogP contribution in [0, 0.1) is 0 Å². The maximum atomic E-state index is 11.9. The zero-order chi connectivity index (χ0) is 18.2. The fourth-order valence-corrected chi connectivity index (χ4v) is 2.78. The van der Waals surface area contributed by atoms with Crippen LogP contribution in [-0.4, -0.2) is 17.6 Å². The first-order valence-electron chi connectivity index (χ1n) is 7.39. The van der Waals surface area contributed by atoms with Gasteiger partial charge in [0.1, 0.15) is 5.75 Å². The molecule has 0 fully saturated rings. The van der Waals surface area contributed by atoms with Gasteiger partial charge in [-0.15, -0.1) is 0 Å². The molecule has 0 radical (unpaired) electrons. The number of carbonyl (C=O) groups is 1. The van der Waals surface area contributed by atoms with Crippen molar-refractivity contribution >= 4 is 63.7 Å². The summed E-state index contributed by atoms with van der Waals surface area (Å²) >= 11 is 22.9. The first kappa shape index (κ1) is 19.8. The monoisotopic (exact) mass is 416 g/mol. The molecular weight excluding hydrogens is 403 g/mol. The highest BCUT2D eigenvalue weighted by atomic mass is 35.5. The normalized spacial score (nSPS) is 10.2. The van der Waals surface area contributed by atoms with E-state index in [4.69, 9.17) is 51.8 Å². The second-order valence-electron chi connectivity index (χ2n) is 5.01. The predicted octanol–water partition coefficient (Wildman–Crippen LogP) is 5.32. The summed E-state index contributed by atoms with van der Waals surface area (Å²) < 4.78 is 5.52. The summed E-state index contributed by atoms with van der Waals surface area (Å²) in [4.78, 5) is 11.9. The second kappa shape index (κ2) is 9.82. The van der Waals surface area contributed by atoms with Crippen molar-refractivity contribution in [2.75, 3.05) is 11.9 Å². The standard InChI is InChI=1S/C17H15Cl3N2O2S/c18-11-7-8-15(13(20)10-11)24-9-3-6-16(23)22-17(25)21-14-5-2-1-4-12(14)19/h1-2,4-5,7-8,10H,3,6,9H2,(H2,21,22,23,25). The number of nitrogens with one attached hydrogen (secondary N) is 2. The number of hydrogen-bond donors (Lipinski definition) is 2. The number of thiocarbonyl (C=S) groups is 1. The van der Waals surface area contributed by atoms with Crippen LogP contribution in [0.5, 0.6) is 5.75 Å². The number of halogens is 3. The molecule has 0 atom stereocenters. The van der Waals surface area contributed by atoms with Crippen molar-refractivity contribution in [3.05, 3.63) is 57.5 Å². The van der Waals surface area contributed by atoms with Gasteiger partial charge in [-0.3, -0.25) is 4.79 Å². The number of rotatable bonds is 6. The molecular formula is C17H15Cl3N2O2S. The third-order valence-electron chi connectivity index (χ3n) is 3.07. The van der Waals surface area contributed by atoms with Gasteiger partial charge in [-0.25, -0.2) is 0 Å². The summed E-state index contributed by atoms with van der Waals surface area (Å²) in [6.07, 6.45) is 0.773. The van der Waals surface area contributed by atoms with Gasteiger partial charge >= 0.3 is 0 Å². The Kier molecular flexibility index (Phi) is 7.78. The number of ether oxygens (including phenoxy) is 1. The average molecular weight is 418 g/mol. The molecule has 2 N–H and O–H groups in total. The second-order valence-corrected chi connectivity index (χ2v) is 6.67. The van der Waals surface area contributed by atoms with Crippen molar-refractivity contribution in [1.82, 2.24) is 5.32 Å². The molecule has 2 aromatic rings. The molecule has 1 amide bonds. The smallest absolute Gasteiger partial charge is 0.226 e. The Morgan fingerprint density at radius 2 is 1.84 bits per heavy atom. The lowest BCUT2D eigenvalue weighted by Crippen LogP contribution is -2.34. The van der Waals surface area contributed by atoms with E-state index in [-0.39, 0.29) is 17.4 Å². The lowest BCUT2D eigenvalue weighted by atomic mass is 10.3. The average Bonchev–Trinajstić information content (AvgIpc) is 2.55. The van der Waals surface area contributed by atoms with E-state index >= 15 is 0 Å². The first-order valence-corrected chi connectivity index (χ1v) is 8.93. The molecule has 0 bridgehead atoms. The van der Waals surface area contributed by atoms with Crippen molar-refractivity contribution < 1.29 is 9.53 Å². The van der Waals surface area contributed by atoms with E-state index in [1.54, 1.807) is 30.3 Å². The van der Waals surface area contributed by atoms with Crippen LogP contribution in [0.2, 0.25) is 15.1 Å². The van der Waals surface area contributed by atoms with E-state index < -0.39 is 0 Å². The molecule has 132 valence electrons. The summed E-state index contributed by atoms with van der Waals surface area (Å²) in [6.45, 7) is 0.347. The van der Waals surface area contributed by atoms with Crippen LogP contribution in [0.25, 0.3) is 0 Å². The van der Waals surface area contributed by atoms with Crippen LogP contribution in [0.15, 0.2) is 42.5 Å². The topological polar surface area (TPSA) is 50.4 Å². The molecule has 4 nitrogen and oxygen atoms in total. The maximum Gasteiger partial charge on any atom is 0.226 e. The summed E-state index contributed by atoms with van der Waals surface area (Å²) in [5.41, 5.74) is 0.634. The minimum absolute atomic E-state index is 0.194. The number of para-hydroxylation sites is 1. The molecule has 0 aliphatic heterocycles. The highest BCUT2D eigenvalue weighted by Gasteiger charge is 2.07. The fraction of sp³-hybridized carbons (Fsp3) is 0.176. The predicted molar refractivity (Wildman–Crippen MR) is 107 cm³/mol. The maximum absolute atomic E-state index is 11.9. The SMILES string of the molecule is O=C(CCCOc1ccc(Cl)cc1Cl)NC(=S)Nc1ccccc1Cl. The van der Waals surface area contributed by atoms with Crippen molar-refractivity contribution in [2.24, 2.45) is 0 Å². The highest BCUT2D eigenvalue weighted by Crippen LogP contribution is 2.27. The van der Waals surface area contributed by atoms with E-state index in [1.165, 1.54) is 0 Å². The van der Waals surface area contributed by atoms with Gasteiger partial charge in [0.2, 0.25) is 5.91 Å². The minimum atomic E-state index is -0.213. The van der Waals surface area contributed by atoms with Crippen LogP contribution < -0.4 is 15.4 Å². The van der Waals surface area contributed by atoms with Gasteiger partial charge in [0.05, 0.1) is 22.3 Å². The Morgan fingerprint density at radius 1 is 1.08 bits per heavy atom. The van der Waals surface area contributed by atoms with Gasteiger partial charge in [-0.2, -0.15) is 0 Å². The van der Waals surface area contributed by atoms with Gasteiger partial charge in [0.15, 0.2) is 5.11 Å². The Balaban J connectivity index is 1.70. The molecule has 0 saturated heterocycles. The van der Waals surface area contributed by atoms with Crippen molar-refractivity contribution in [3.63, 3.8) is 0 Å². The molecule has 0 aromatic heterocycles. The van der Waals surface area contributed by atoms with Gasteiger partial charge in [-0.1, -0.05) is 46.9 Å². The molecule has 0 aliphatic carbocycles. The van der Waals surface area contributed by atoms with Crippen molar-refractivity contribution in [1.29, 1.82) is 0 Å². The summed E-state index contributed by atoms with van der Waals surface area (Å²) in [6, 6.07) is 12.1. The molecule has 0 aliphatic rings. The number of carbonyl (C=O) groups excluding carboxylic acids is 1. The van der Waals surface area contributed by atoms with E-state index in [0.29, 0.717) is 39.5 Å². The Morgan fingerprint density at radius 3 is 2.56 bits per heavy atom. The molecule has 0 heterocycles. The van der Waals surface area contributed by atoms with Gasteiger partial charge < -0.3 is 15.4 Å². The first-order chi connectivity index (χ1) is 12.0. The van der Waals surface area contributed by atoms with Crippen LogP contribution >= 0.6 is 47.0 Å². The Hall–Kier alpha value is -1.53.